The molecule has 28 heavy (non-hydrogen) atoms. The number of likely N-dealkylation sites (N-methyl/N-ethyl adjacent to an activating group) is 1. The van der Waals surface area contributed by atoms with Gasteiger partial charge in [0, 0.05) is 41.6 Å². The monoisotopic (exact) mass is 371 g/mol. The van der Waals surface area contributed by atoms with E-state index in [0.717, 1.165) is 0 Å². The van der Waals surface area contributed by atoms with Crippen molar-refractivity contribution in [3.63, 3.8) is 0 Å². The first-order valence-corrected chi connectivity index (χ1v) is 10.1. The number of para-hydroxylation sites is 1. The zero-order valence-electron chi connectivity index (χ0n) is 18.2. The summed E-state index contributed by atoms with van der Waals surface area (Å²) in [5, 5.41) is 0. The smallest absolute Gasteiger partial charge is 0.209 e. The fourth-order valence-electron chi connectivity index (χ4n) is 4.99. The Bertz CT molecular complexity index is 1050. The van der Waals surface area contributed by atoms with Crippen LogP contribution >= 0.6 is 0 Å². The van der Waals surface area contributed by atoms with Crippen molar-refractivity contribution in [3.8, 4) is 0 Å². The van der Waals surface area contributed by atoms with Crippen LogP contribution < -0.4 is 4.90 Å². The maximum absolute atomic E-state index is 2.34. The quantitative estimate of drug-likeness (QED) is 0.599. The first-order chi connectivity index (χ1) is 13.2. The van der Waals surface area contributed by atoms with Crippen molar-refractivity contribution in [1.82, 2.24) is 0 Å². The van der Waals surface area contributed by atoms with Crippen LogP contribution in [0.15, 0.2) is 66.4 Å². The molecule has 4 rings (SSSR count). The summed E-state index contributed by atoms with van der Waals surface area (Å²) in [5.74, 6) is 0. The molecule has 0 unspecified atom stereocenters. The molecule has 0 radical (unpaired) electrons. The van der Waals surface area contributed by atoms with Crippen molar-refractivity contribution in [2.75, 3.05) is 19.0 Å². The summed E-state index contributed by atoms with van der Waals surface area (Å²) in [6.45, 7) is 11.4. The van der Waals surface area contributed by atoms with E-state index in [-0.39, 0.29) is 10.8 Å². The van der Waals surface area contributed by atoms with Gasteiger partial charge in [0.15, 0.2) is 5.71 Å². The Kier molecular flexibility index (Phi) is 4.15. The molecule has 0 spiro atoms. The maximum atomic E-state index is 2.34. The molecule has 2 aromatic rings. The lowest BCUT2D eigenvalue weighted by atomic mass is 9.81. The lowest BCUT2D eigenvalue weighted by Crippen LogP contribution is -2.26. The van der Waals surface area contributed by atoms with Gasteiger partial charge < -0.3 is 4.90 Å². The summed E-state index contributed by atoms with van der Waals surface area (Å²) < 4.78 is 2.33. The van der Waals surface area contributed by atoms with E-state index in [1.807, 2.05) is 0 Å². The molecule has 2 aliphatic rings. The molecule has 2 heterocycles. The van der Waals surface area contributed by atoms with Crippen LogP contribution in [0, 0.1) is 6.92 Å². The molecule has 0 saturated heterocycles. The van der Waals surface area contributed by atoms with E-state index in [1.165, 1.54) is 39.5 Å². The van der Waals surface area contributed by atoms with Crippen molar-refractivity contribution in [1.29, 1.82) is 0 Å². The van der Waals surface area contributed by atoms with Crippen LogP contribution in [0.1, 0.15) is 44.4 Å². The minimum Gasteiger partial charge on any atom is -0.347 e. The van der Waals surface area contributed by atoms with Gasteiger partial charge >= 0.3 is 0 Å². The molecule has 0 aromatic heterocycles. The lowest BCUT2D eigenvalue weighted by molar-refractivity contribution is -0.401. The fraction of sp³-hybridized carbons (Fsp3) is 0.346. The highest BCUT2D eigenvalue weighted by atomic mass is 15.2. The fourth-order valence-corrected chi connectivity index (χ4v) is 4.99. The van der Waals surface area contributed by atoms with Gasteiger partial charge in [-0.15, -0.1) is 0 Å². The van der Waals surface area contributed by atoms with Gasteiger partial charge in [-0.3, -0.25) is 0 Å². The third kappa shape index (κ3) is 2.58. The highest BCUT2D eigenvalue weighted by Gasteiger charge is 2.42. The topological polar surface area (TPSA) is 6.25 Å². The van der Waals surface area contributed by atoms with Crippen molar-refractivity contribution in [2.24, 2.45) is 0 Å². The number of hydrogen-bond donors (Lipinski definition) is 0. The number of allylic oxidation sites excluding steroid dienone is 4. The molecule has 2 nitrogen and oxygen atoms in total. The number of benzene rings is 2. The van der Waals surface area contributed by atoms with Gasteiger partial charge in [-0.2, -0.15) is 4.58 Å². The molecule has 0 atom stereocenters. The summed E-state index contributed by atoms with van der Waals surface area (Å²) in [6.07, 6.45) is 6.80. The standard InChI is InChI=1S/C26H31N2/c1-18-15-16-20-22(17-18)28(7)24(26(20,4)5)14-10-13-23-25(2,3)19-11-8-9-12-21(19)27(23)6/h8-17H,1-7H3/q+1. The third-order valence-electron chi connectivity index (χ3n) is 6.64. The minimum atomic E-state index is 0.00679. The van der Waals surface area contributed by atoms with Crippen molar-refractivity contribution < 1.29 is 4.58 Å². The van der Waals surface area contributed by atoms with E-state index in [9.17, 15) is 0 Å². The van der Waals surface area contributed by atoms with Crippen LogP contribution in [-0.2, 0) is 10.8 Å². The Hall–Kier alpha value is -2.61. The number of fused-ring (bicyclic) bond motifs is 2. The molecule has 2 aromatic carbocycles. The highest BCUT2D eigenvalue weighted by Crippen LogP contribution is 2.47. The van der Waals surface area contributed by atoms with Gasteiger partial charge in [-0.25, -0.2) is 0 Å². The summed E-state index contributed by atoms with van der Waals surface area (Å²) in [7, 11) is 4.35. The molecule has 0 amide bonds. The van der Waals surface area contributed by atoms with E-state index >= 15 is 0 Å². The number of nitrogens with zero attached hydrogens (tertiary/aromatic N) is 2. The van der Waals surface area contributed by atoms with Crippen LogP contribution in [-0.4, -0.2) is 24.4 Å². The first-order valence-electron chi connectivity index (χ1n) is 10.1. The van der Waals surface area contributed by atoms with E-state index in [4.69, 9.17) is 0 Å². The number of anilines is 1. The Labute approximate surface area is 169 Å². The zero-order valence-corrected chi connectivity index (χ0v) is 18.2. The van der Waals surface area contributed by atoms with Crippen molar-refractivity contribution in [2.45, 2.75) is 45.4 Å². The number of rotatable bonds is 2. The predicted molar refractivity (Wildman–Crippen MR) is 120 cm³/mol. The van der Waals surface area contributed by atoms with Crippen LogP contribution in [0.5, 0.6) is 0 Å². The van der Waals surface area contributed by atoms with Crippen molar-refractivity contribution in [3.05, 3.63) is 83.1 Å². The highest BCUT2D eigenvalue weighted by molar-refractivity contribution is 6.03. The number of aryl methyl sites for hydroxylation is 1. The summed E-state index contributed by atoms with van der Waals surface area (Å²) in [6, 6.07) is 15.5. The Morgan fingerprint density at radius 2 is 1.64 bits per heavy atom. The second-order valence-electron chi connectivity index (χ2n) is 9.20. The first kappa shape index (κ1) is 18.7. The lowest BCUT2D eigenvalue weighted by Gasteiger charge is -2.23. The predicted octanol–water partition coefficient (Wildman–Crippen LogP) is 5.87. The molecule has 0 aliphatic carbocycles. The summed E-state index contributed by atoms with van der Waals surface area (Å²) in [5.41, 5.74) is 9.41. The van der Waals surface area contributed by atoms with E-state index in [2.05, 4.69) is 119 Å². The van der Waals surface area contributed by atoms with Gasteiger partial charge in [-0.1, -0.05) is 50.3 Å². The second kappa shape index (κ2) is 6.20. The SMILES string of the molecule is Cc1ccc2c(c1)N(C)C(=CC=CC1=[N+](C)c3ccccc3C1(C)C)C2(C)C. The van der Waals surface area contributed by atoms with Crippen molar-refractivity contribution >= 4 is 17.1 Å². The maximum Gasteiger partial charge on any atom is 0.209 e. The van der Waals surface area contributed by atoms with E-state index < -0.39 is 0 Å². The average molecular weight is 372 g/mol. The van der Waals surface area contributed by atoms with Gasteiger partial charge in [0.1, 0.15) is 7.05 Å². The Morgan fingerprint density at radius 1 is 0.929 bits per heavy atom. The molecular weight excluding hydrogens is 340 g/mol. The van der Waals surface area contributed by atoms with Gasteiger partial charge in [0.2, 0.25) is 5.69 Å². The molecule has 0 saturated carbocycles. The molecule has 0 N–H and O–H groups in total. The van der Waals surface area contributed by atoms with Crippen LogP contribution in [0.2, 0.25) is 0 Å². The Balaban J connectivity index is 1.71. The van der Waals surface area contributed by atoms with E-state index in [0.29, 0.717) is 0 Å². The molecule has 144 valence electrons. The van der Waals surface area contributed by atoms with Gasteiger partial charge in [0.25, 0.3) is 0 Å². The normalized spacial score (nSPS) is 21.0. The second-order valence-corrected chi connectivity index (χ2v) is 9.20. The molecule has 2 aliphatic heterocycles. The average Bonchev–Trinajstić information content (AvgIpc) is 2.96. The van der Waals surface area contributed by atoms with Gasteiger partial charge in [0.05, 0.1) is 5.41 Å². The van der Waals surface area contributed by atoms with Crippen LogP contribution in [0.3, 0.4) is 0 Å². The summed E-state index contributed by atoms with van der Waals surface area (Å²) in [4.78, 5) is 2.34. The molecule has 2 heteroatoms. The Morgan fingerprint density at radius 3 is 2.36 bits per heavy atom. The number of hydrogen-bond acceptors (Lipinski definition) is 1. The van der Waals surface area contributed by atoms with Crippen LogP contribution in [0.4, 0.5) is 11.4 Å². The summed E-state index contributed by atoms with van der Waals surface area (Å²) >= 11 is 0. The molecule has 0 bridgehead atoms. The zero-order chi connectivity index (χ0) is 20.3. The van der Waals surface area contributed by atoms with Gasteiger partial charge in [-0.05, 0) is 44.0 Å². The molecule has 0 fully saturated rings. The molecular formula is C26H31N2+. The minimum absolute atomic E-state index is 0.00679. The largest absolute Gasteiger partial charge is 0.347 e. The van der Waals surface area contributed by atoms with Crippen LogP contribution in [0.25, 0.3) is 0 Å². The van der Waals surface area contributed by atoms with E-state index in [1.54, 1.807) is 0 Å². The third-order valence-corrected chi connectivity index (χ3v) is 6.64.